The molecule has 0 heterocycles. The maximum Gasteiger partial charge on any atom is 0.164 e. The number of ketones is 1. The Bertz CT molecular complexity index is 330. The summed E-state index contributed by atoms with van der Waals surface area (Å²) in [6.07, 6.45) is 4.62. The molecule has 0 aromatic carbocycles. The van der Waals surface area contributed by atoms with Gasteiger partial charge in [0.1, 0.15) is 6.10 Å². The van der Waals surface area contributed by atoms with Crippen LogP contribution < -0.4 is 0 Å². The SMILES string of the molecule is COC(C1=C=CC=C1)C(C)(O)C(C)=O. The number of allylic oxidation sites excluding steroid dienone is 1. The van der Waals surface area contributed by atoms with Crippen molar-refractivity contribution in [1.82, 2.24) is 0 Å². The highest BCUT2D eigenvalue weighted by atomic mass is 16.5. The van der Waals surface area contributed by atoms with Gasteiger partial charge in [-0.3, -0.25) is 4.79 Å². The molecule has 0 fully saturated rings. The van der Waals surface area contributed by atoms with Crippen LogP contribution in [0.25, 0.3) is 0 Å². The summed E-state index contributed by atoms with van der Waals surface area (Å²) in [6.45, 7) is 2.79. The minimum atomic E-state index is -1.50. The molecule has 2 unspecified atom stereocenters. The van der Waals surface area contributed by atoms with Crippen molar-refractivity contribution in [1.29, 1.82) is 0 Å². The Balaban J connectivity index is 2.98. The van der Waals surface area contributed by atoms with Crippen LogP contribution in [0.1, 0.15) is 13.8 Å². The highest BCUT2D eigenvalue weighted by Crippen LogP contribution is 2.23. The molecule has 0 spiro atoms. The molecular formula is C11H14O3. The zero-order valence-corrected chi connectivity index (χ0v) is 8.57. The summed E-state index contributed by atoms with van der Waals surface area (Å²) in [4.78, 5) is 11.2. The van der Waals surface area contributed by atoms with Crippen LogP contribution in [0.5, 0.6) is 0 Å². The predicted molar refractivity (Wildman–Crippen MR) is 52.8 cm³/mol. The van der Waals surface area contributed by atoms with Crippen LogP contribution in [0.2, 0.25) is 0 Å². The van der Waals surface area contributed by atoms with Gasteiger partial charge in [-0.15, -0.1) is 5.73 Å². The Labute approximate surface area is 83.4 Å². The maximum absolute atomic E-state index is 11.2. The first-order chi connectivity index (χ1) is 6.50. The number of carbonyl (C=O) groups is 1. The molecule has 0 bridgehead atoms. The molecule has 1 rings (SSSR count). The summed E-state index contributed by atoms with van der Waals surface area (Å²) in [5, 5.41) is 9.93. The van der Waals surface area contributed by atoms with Crippen LogP contribution in [-0.2, 0) is 9.53 Å². The molecule has 0 radical (unpaired) electrons. The van der Waals surface area contributed by atoms with Gasteiger partial charge in [0.2, 0.25) is 0 Å². The third kappa shape index (κ3) is 1.85. The third-order valence-corrected chi connectivity index (χ3v) is 2.36. The molecule has 14 heavy (non-hydrogen) atoms. The lowest BCUT2D eigenvalue weighted by Gasteiger charge is -2.29. The van der Waals surface area contributed by atoms with Gasteiger partial charge in [-0.25, -0.2) is 0 Å². The zero-order chi connectivity index (χ0) is 10.8. The van der Waals surface area contributed by atoms with Gasteiger partial charge in [0.15, 0.2) is 11.4 Å². The van der Waals surface area contributed by atoms with Gasteiger partial charge in [0.25, 0.3) is 0 Å². The Morgan fingerprint density at radius 3 is 2.71 bits per heavy atom. The number of hydrogen-bond donors (Lipinski definition) is 1. The number of ether oxygens (including phenoxy) is 1. The molecule has 3 heteroatoms. The molecule has 76 valence electrons. The molecule has 1 aliphatic carbocycles. The first kappa shape index (κ1) is 10.9. The summed E-state index contributed by atoms with van der Waals surface area (Å²) in [5.74, 6) is -0.320. The van der Waals surface area contributed by atoms with Gasteiger partial charge in [-0.05, 0) is 26.0 Å². The summed E-state index contributed by atoms with van der Waals surface area (Å²) >= 11 is 0. The van der Waals surface area contributed by atoms with Crippen molar-refractivity contribution in [3.8, 4) is 0 Å². The van der Waals surface area contributed by atoms with E-state index < -0.39 is 11.7 Å². The number of Topliss-reactive ketones (excluding diaryl/α,β-unsaturated/α-hetero) is 1. The summed E-state index contributed by atoms with van der Waals surface area (Å²) < 4.78 is 5.12. The van der Waals surface area contributed by atoms with Crippen LogP contribution in [0.4, 0.5) is 0 Å². The van der Waals surface area contributed by atoms with E-state index in [1.54, 1.807) is 18.2 Å². The fourth-order valence-electron chi connectivity index (χ4n) is 1.35. The lowest BCUT2D eigenvalue weighted by Crippen LogP contribution is -2.47. The fraction of sp³-hybridized carbons (Fsp3) is 0.455. The van der Waals surface area contributed by atoms with E-state index >= 15 is 0 Å². The molecule has 0 saturated carbocycles. The minimum Gasteiger partial charge on any atom is -0.379 e. The van der Waals surface area contributed by atoms with Gasteiger partial charge in [0, 0.05) is 12.7 Å². The normalized spacial score (nSPS) is 20.4. The van der Waals surface area contributed by atoms with Gasteiger partial charge in [-0.2, -0.15) is 0 Å². The van der Waals surface area contributed by atoms with E-state index in [1.165, 1.54) is 21.0 Å². The topological polar surface area (TPSA) is 46.5 Å². The molecule has 0 aromatic rings. The molecule has 2 atom stereocenters. The van der Waals surface area contributed by atoms with Gasteiger partial charge in [0.05, 0.1) is 0 Å². The molecule has 3 nitrogen and oxygen atoms in total. The van der Waals surface area contributed by atoms with Gasteiger partial charge >= 0.3 is 0 Å². The number of hydrogen-bond acceptors (Lipinski definition) is 3. The van der Waals surface area contributed by atoms with Crippen molar-refractivity contribution in [3.63, 3.8) is 0 Å². The maximum atomic E-state index is 11.2. The highest BCUT2D eigenvalue weighted by molar-refractivity contribution is 5.85. The number of methoxy groups -OCH3 is 1. The second-order valence-electron chi connectivity index (χ2n) is 3.44. The van der Waals surface area contributed by atoms with Crippen molar-refractivity contribution < 1.29 is 14.6 Å². The number of rotatable bonds is 4. The van der Waals surface area contributed by atoms with E-state index in [0.717, 1.165) is 0 Å². The van der Waals surface area contributed by atoms with Crippen LogP contribution in [-0.4, -0.2) is 29.7 Å². The smallest absolute Gasteiger partial charge is 0.164 e. The average molecular weight is 194 g/mol. The Morgan fingerprint density at radius 2 is 2.36 bits per heavy atom. The highest BCUT2D eigenvalue weighted by Gasteiger charge is 2.38. The molecular weight excluding hydrogens is 180 g/mol. The molecule has 1 aliphatic rings. The van der Waals surface area contributed by atoms with Crippen LogP contribution in [0.15, 0.2) is 29.5 Å². The average Bonchev–Trinajstić information content (AvgIpc) is 2.57. The largest absolute Gasteiger partial charge is 0.379 e. The molecule has 0 amide bonds. The van der Waals surface area contributed by atoms with E-state index in [1.807, 2.05) is 0 Å². The number of aliphatic hydroxyl groups is 1. The monoisotopic (exact) mass is 194 g/mol. The van der Waals surface area contributed by atoms with E-state index in [9.17, 15) is 9.90 Å². The fourth-order valence-corrected chi connectivity index (χ4v) is 1.35. The van der Waals surface area contributed by atoms with Crippen LogP contribution in [0.3, 0.4) is 0 Å². The lowest BCUT2D eigenvalue weighted by molar-refractivity contribution is -0.144. The van der Waals surface area contributed by atoms with Crippen molar-refractivity contribution in [2.24, 2.45) is 0 Å². The first-order valence-corrected chi connectivity index (χ1v) is 4.39. The summed E-state index contributed by atoms with van der Waals surface area (Å²) in [7, 11) is 1.46. The second-order valence-corrected chi connectivity index (χ2v) is 3.44. The summed E-state index contributed by atoms with van der Waals surface area (Å²) in [6, 6.07) is 0. The standard InChI is InChI=1S/C11H14O3/c1-8(12)11(2,13)10(14-3)9-6-4-5-7-9/h4-6,10,13H,1-3H3. The lowest BCUT2D eigenvalue weighted by atomic mass is 9.90. The van der Waals surface area contributed by atoms with Gasteiger partial charge < -0.3 is 9.84 Å². The van der Waals surface area contributed by atoms with E-state index in [-0.39, 0.29) is 5.78 Å². The zero-order valence-electron chi connectivity index (χ0n) is 8.57. The van der Waals surface area contributed by atoms with Crippen LogP contribution in [0, 0.1) is 0 Å². The number of carbonyl (C=O) groups excluding carboxylic acids is 1. The first-order valence-electron chi connectivity index (χ1n) is 4.39. The van der Waals surface area contributed by atoms with E-state index in [2.05, 4.69) is 5.73 Å². The quantitative estimate of drug-likeness (QED) is 0.679. The Hall–Kier alpha value is -1.15. The molecule has 0 aromatic heterocycles. The third-order valence-electron chi connectivity index (χ3n) is 2.36. The molecule has 0 saturated heterocycles. The van der Waals surface area contributed by atoms with Crippen molar-refractivity contribution in [3.05, 3.63) is 29.5 Å². The van der Waals surface area contributed by atoms with E-state index in [4.69, 9.17) is 4.74 Å². The minimum absolute atomic E-state index is 0.320. The Kier molecular flexibility index (Phi) is 3.06. The predicted octanol–water partition coefficient (Wildman–Crippen LogP) is 0.993. The van der Waals surface area contributed by atoms with E-state index in [0.29, 0.717) is 5.57 Å². The summed E-state index contributed by atoms with van der Waals surface area (Å²) in [5.41, 5.74) is 2.10. The van der Waals surface area contributed by atoms with Crippen molar-refractivity contribution in [2.45, 2.75) is 25.6 Å². The van der Waals surface area contributed by atoms with Crippen molar-refractivity contribution >= 4 is 5.78 Å². The second kappa shape index (κ2) is 3.93. The van der Waals surface area contributed by atoms with Crippen LogP contribution >= 0.6 is 0 Å². The van der Waals surface area contributed by atoms with Gasteiger partial charge in [-0.1, -0.05) is 6.08 Å². The Morgan fingerprint density at radius 1 is 1.71 bits per heavy atom. The molecule has 0 aliphatic heterocycles. The van der Waals surface area contributed by atoms with Crippen molar-refractivity contribution in [2.75, 3.05) is 7.11 Å². The molecule has 1 N–H and O–H groups in total.